The minimum Gasteiger partial charge on any atom is -0.348 e. The first-order valence-corrected chi connectivity index (χ1v) is 6.51. The molecule has 0 rings (SSSR count). The topological polar surface area (TPSA) is 82.0 Å². The minimum absolute atomic E-state index is 0.137. The van der Waals surface area contributed by atoms with Gasteiger partial charge in [-0.15, -0.1) is 0 Å². The molecule has 0 radical (unpaired) electrons. The van der Waals surface area contributed by atoms with E-state index in [4.69, 9.17) is 5.26 Å². The van der Waals surface area contributed by atoms with Crippen LogP contribution < -0.4 is 10.6 Å². The van der Waals surface area contributed by atoms with E-state index in [-0.39, 0.29) is 6.54 Å². The number of rotatable bonds is 8. The van der Waals surface area contributed by atoms with E-state index in [1.807, 2.05) is 0 Å². The summed E-state index contributed by atoms with van der Waals surface area (Å²) in [5.41, 5.74) is 0. The van der Waals surface area contributed by atoms with Crippen molar-refractivity contribution < 1.29 is 9.59 Å². The third-order valence-electron chi connectivity index (χ3n) is 2.53. The highest BCUT2D eigenvalue weighted by atomic mass is 16.2. The fourth-order valence-electron chi connectivity index (χ4n) is 1.51. The van der Waals surface area contributed by atoms with Crippen LogP contribution in [0.25, 0.3) is 0 Å². The van der Waals surface area contributed by atoms with Gasteiger partial charge in [0, 0.05) is 6.54 Å². The molecule has 0 aliphatic rings. The lowest BCUT2D eigenvalue weighted by Gasteiger charge is -2.05. The monoisotopic (exact) mass is 253 g/mol. The summed E-state index contributed by atoms with van der Waals surface area (Å²) in [6.45, 7) is 4.79. The van der Waals surface area contributed by atoms with Crippen molar-refractivity contribution in [3.05, 3.63) is 0 Å². The maximum absolute atomic E-state index is 11.2. The van der Waals surface area contributed by atoms with Crippen molar-refractivity contribution in [2.45, 2.75) is 46.0 Å². The Morgan fingerprint density at radius 3 is 2.28 bits per heavy atom. The van der Waals surface area contributed by atoms with Crippen LogP contribution in [0.1, 0.15) is 46.0 Å². The number of hydrogen-bond donors (Lipinski definition) is 2. The molecular weight excluding hydrogens is 230 g/mol. The van der Waals surface area contributed by atoms with Gasteiger partial charge in [-0.3, -0.25) is 9.59 Å². The zero-order chi connectivity index (χ0) is 13.8. The van der Waals surface area contributed by atoms with Gasteiger partial charge >= 0.3 is 11.8 Å². The van der Waals surface area contributed by atoms with Gasteiger partial charge in [-0.05, 0) is 12.3 Å². The Balaban J connectivity index is 3.41. The molecule has 0 saturated heterocycles. The van der Waals surface area contributed by atoms with Gasteiger partial charge in [0.05, 0.1) is 6.07 Å². The molecule has 0 aromatic rings. The van der Waals surface area contributed by atoms with E-state index in [0.29, 0.717) is 6.54 Å². The summed E-state index contributed by atoms with van der Waals surface area (Å²) in [6.07, 6.45) is 5.56. The van der Waals surface area contributed by atoms with Crippen LogP contribution in [0.5, 0.6) is 0 Å². The molecule has 0 aliphatic carbocycles. The number of nitrogens with zero attached hydrogens (tertiary/aromatic N) is 1. The highest BCUT2D eigenvalue weighted by Gasteiger charge is 2.10. The maximum atomic E-state index is 11.2. The van der Waals surface area contributed by atoms with Crippen molar-refractivity contribution in [3.63, 3.8) is 0 Å². The van der Waals surface area contributed by atoms with Gasteiger partial charge in [0.2, 0.25) is 0 Å². The second-order valence-corrected chi connectivity index (χ2v) is 4.69. The van der Waals surface area contributed by atoms with E-state index in [2.05, 4.69) is 24.5 Å². The second-order valence-electron chi connectivity index (χ2n) is 4.69. The van der Waals surface area contributed by atoms with Gasteiger partial charge in [-0.2, -0.15) is 5.26 Å². The lowest BCUT2D eigenvalue weighted by atomic mass is 10.0. The quantitative estimate of drug-likeness (QED) is 0.389. The lowest BCUT2D eigenvalue weighted by molar-refractivity contribution is -0.139. The Morgan fingerprint density at radius 1 is 1.06 bits per heavy atom. The van der Waals surface area contributed by atoms with Gasteiger partial charge < -0.3 is 10.6 Å². The van der Waals surface area contributed by atoms with Crippen molar-refractivity contribution in [1.29, 1.82) is 5.26 Å². The Morgan fingerprint density at radius 2 is 1.67 bits per heavy atom. The summed E-state index contributed by atoms with van der Waals surface area (Å²) in [4.78, 5) is 22.3. The predicted octanol–water partition coefficient (Wildman–Crippen LogP) is 1.35. The molecule has 5 nitrogen and oxygen atoms in total. The minimum atomic E-state index is -0.739. The molecule has 0 fully saturated rings. The molecule has 0 spiro atoms. The summed E-state index contributed by atoms with van der Waals surface area (Å²) in [7, 11) is 0. The normalized spacial score (nSPS) is 9.89. The standard InChI is InChI=1S/C13H23N3O2/c1-11(2)7-5-3-4-6-9-15-12(17)13(18)16-10-8-14/h11H,3-7,9-10H2,1-2H3,(H,15,17)(H,16,18). The number of carbonyl (C=O) groups excluding carboxylic acids is 2. The first-order chi connectivity index (χ1) is 8.57. The van der Waals surface area contributed by atoms with Crippen LogP contribution in [-0.4, -0.2) is 24.9 Å². The molecule has 2 amide bonds. The first kappa shape index (κ1) is 16.4. The molecule has 0 aliphatic heterocycles. The molecule has 102 valence electrons. The summed E-state index contributed by atoms with van der Waals surface area (Å²) < 4.78 is 0. The SMILES string of the molecule is CC(C)CCCCCCNC(=O)C(=O)NCC#N. The van der Waals surface area contributed by atoms with Crippen LogP contribution >= 0.6 is 0 Å². The number of hydrogen-bond acceptors (Lipinski definition) is 3. The van der Waals surface area contributed by atoms with Gasteiger partial charge in [0.25, 0.3) is 0 Å². The van der Waals surface area contributed by atoms with E-state index in [1.165, 1.54) is 12.8 Å². The third-order valence-corrected chi connectivity index (χ3v) is 2.53. The molecule has 0 unspecified atom stereocenters. The number of unbranched alkanes of at least 4 members (excludes halogenated alkanes) is 3. The van der Waals surface area contributed by atoms with Crippen molar-refractivity contribution in [1.82, 2.24) is 10.6 Å². The molecule has 0 heterocycles. The molecule has 18 heavy (non-hydrogen) atoms. The molecule has 2 N–H and O–H groups in total. The van der Waals surface area contributed by atoms with Crippen molar-refractivity contribution >= 4 is 11.8 Å². The molecular formula is C13H23N3O2. The summed E-state index contributed by atoms with van der Waals surface area (Å²) in [6, 6.07) is 1.74. The zero-order valence-electron chi connectivity index (χ0n) is 11.3. The van der Waals surface area contributed by atoms with Gasteiger partial charge in [0.1, 0.15) is 6.54 Å². The zero-order valence-corrected chi connectivity index (χ0v) is 11.3. The smallest absolute Gasteiger partial charge is 0.310 e. The van der Waals surface area contributed by atoms with Crippen molar-refractivity contribution in [3.8, 4) is 6.07 Å². The van der Waals surface area contributed by atoms with E-state index in [1.54, 1.807) is 6.07 Å². The fourth-order valence-corrected chi connectivity index (χ4v) is 1.51. The van der Waals surface area contributed by atoms with Crippen molar-refractivity contribution in [2.24, 2.45) is 5.92 Å². The van der Waals surface area contributed by atoms with Crippen LogP contribution in [0.15, 0.2) is 0 Å². The average molecular weight is 253 g/mol. The highest BCUT2D eigenvalue weighted by molar-refractivity contribution is 6.35. The van der Waals surface area contributed by atoms with Gasteiger partial charge in [-0.1, -0.05) is 39.5 Å². The van der Waals surface area contributed by atoms with Crippen LogP contribution in [-0.2, 0) is 9.59 Å². The molecule has 0 atom stereocenters. The molecule has 5 heteroatoms. The Labute approximate surface area is 109 Å². The predicted molar refractivity (Wildman–Crippen MR) is 69.6 cm³/mol. The molecule has 0 aromatic heterocycles. The number of nitrogens with one attached hydrogen (secondary N) is 2. The number of amides is 2. The van der Waals surface area contributed by atoms with E-state index < -0.39 is 11.8 Å². The number of nitriles is 1. The molecule has 0 aromatic carbocycles. The van der Waals surface area contributed by atoms with Crippen LogP contribution in [0.4, 0.5) is 0 Å². The second kappa shape index (κ2) is 10.6. The van der Waals surface area contributed by atoms with Gasteiger partial charge in [0.15, 0.2) is 0 Å². The van der Waals surface area contributed by atoms with E-state index in [9.17, 15) is 9.59 Å². The summed E-state index contributed by atoms with van der Waals surface area (Å²) in [5, 5.41) is 13.0. The largest absolute Gasteiger partial charge is 0.348 e. The van der Waals surface area contributed by atoms with E-state index in [0.717, 1.165) is 25.2 Å². The Kier molecular flexibility index (Phi) is 9.65. The van der Waals surface area contributed by atoms with Crippen LogP contribution in [0.2, 0.25) is 0 Å². The first-order valence-electron chi connectivity index (χ1n) is 6.51. The lowest BCUT2D eigenvalue weighted by Crippen LogP contribution is -2.40. The summed E-state index contributed by atoms with van der Waals surface area (Å²) in [5.74, 6) is -0.655. The fraction of sp³-hybridized carbons (Fsp3) is 0.769. The Bertz CT molecular complexity index is 295. The van der Waals surface area contributed by atoms with Gasteiger partial charge in [-0.25, -0.2) is 0 Å². The third kappa shape index (κ3) is 9.64. The van der Waals surface area contributed by atoms with Crippen molar-refractivity contribution in [2.75, 3.05) is 13.1 Å². The summed E-state index contributed by atoms with van der Waals surface area (Å²) >= 11 is 0. The maximum Gasteiger partial charge on any atom is 0.310 e. The van der Waals surface area contributed by atoms with Crippen LogP contribution in [0, 0.1) is 17.2 Å². The average Bonchev–Trinajstić information content (AvgIpc) is 2.34. The van der Waals surface area contributed by atoms with Crippen LogP contribution in [0.3, 0.4) is 0 Å². The van der Waals surface area contributed by atoms with E-state index >= 15 is 0 Å². The number of carbonyl (C=O) groups is 2. The molecule has 0 saturated carbocycles. The molecule has 0 bridgehead atoms. The highest BCUT2D eigenvalue weighted by Crippen LogP contribution is 2.08. The Hall–Kier alpha value is -1.57.